The van der Waals surface area contributed by atoms with Crippen molar-refractivity contribution in [2.24, 2.45) is 0 Å². The predicted octanol–water partition coefficient (Wildman–Crippen LogP) is 2.05. The van der Waals surface area contributed by atoms with E-state index >= 15 is 0 Å². The molecule has 1 aliphatic rings. The van der Waals surface area contributed by atoms with E-state index in [1.807, 2.05) is 11.6 Å². The second-order valence-electron chi connectivity index (χ2n) is 5.78. The summed E-state index contributed by atoms with van der Waals surface area (Å²) in [6.07, 6.45) is 4.65. The third-order valence-corrected chi connectivity index (χ3v) is 4.66. The van der Waals surface area contributed by atoms with Gasteiger partial charge in [-0.3, -0.25) is 4.79 Å². The summed E-state index contributed by atoms with van der Waals surface area (Å²) < 4.78 is 1.83. The third kappa shape index (κ3) is 4.76. The maximum atomic E-state index is 12.2. The van der Waals surface area contributed by atoms with Crippen molar-refractivity contribution in [3.8, 4) is 0 Å². The molecular formula is C15H22ClN5OS. The van der Waals surface area contributed by atoms with E-state index in [0.29, 0.717) is 11.7 Å². The van der Waals surface area contributed by atoms with Crippen LogP contribution in [0.2, 0.25) is 0 Å². The highest BCUT2D eigenvalue weighted by Crippen LogP contribution is 2.17. The standard InChI is InChI=1S/C15H21N5OS.ClH/c1-11(8-12-4-7-22-10-12)17-15(21)14-9-20(19-18-14)13-2-5-16-6-3-13;/h4,7,9-11,13,16H,2-3,5-6,8H2,1H3,(H,17,21);1H. The lowest BCUT2D eigenvalue weighted by molar-refractivity contribution is 0.0935. The van der Waals surface area contributed by atoms with Crippen LogP contribution in [0.4, 0.5) is 0 Å². The molecule has 0 aliphatic carbocycles. The van der Waals surface area contributed by atoms with Crippen molar-refractivity contribution in [2.75, 3.05) is 13.1 Å². The first-order valence-corrected chi connectivity index (χ1v) is 8.61. The zero-order chi connectivity index (χ0) is 15.4. The number of carbonyl (C=O) groups is 1. The molecule has 1 fully saturated rings. The highest BCUT2D eigenvalue weighted by molar-refractivity contribution is 7.07. The number of hydrogen-bond acceptors (Lipinski definition) is 5. The van der Waals surface area contributed by atoms with Crippen molar-refractivity contribution >= 4 is 29.7 Å². The number of nitrogens with one attached hydrogen (secondary N) is 2. The molecule has 126 valence electrons. The van der Waals surface area contributed by atoms with Crippen molar-refractivity contribution < 1.29 is 4.79 Å². The Balaban J connectivity index is 0.00000192. The van der Waals surface area contributed by atoms with Gasteiger partial charge in [0.2, 0.25) is 0 Å². The van der Waals surface area contributed by atoms with Crippen molar-refractivity contribution in [1.29, 1.82) is 0 Å². The quantitative estimate of drug-likeness (QED) is 0.861. The average molecular weight is 356 g/mol. The van der Waals surface area contributed by atoms with Crippen LogP contribution in [0.1, 0.15) is 41.9 Å². The second kappa shape index (κ2) is 8.42. The van der Waals surface area contributed by atoms with Gasteiger partial charge in [0.1, 0.15) is 0 Å². The largest absolute Gasteiger partial charge is 0.348 e. The lowest BCUT2D eigenvalue weighted by Gasteiger charge is -2.22. The molecule has 2 aromatic heterocycles. The molecule has 1 unspecified atom stereocenters. The van der Waals surface area contributed by atoms with Crippen LogP contribution < -0.4 is 10.6 Å². The SMILES string of the molecule is CC(Cc1ccsc1)NC(=O)c1cn(C2CCNCC2)nn1.Cl. The van der Waals surface area contributed by atoms with Gasteiger partial charge in [0, 0.05) is 6.04 Å². The first-order valence-electron chi connectivity index (χ1n) is 7.67. The summed E-state index contributed by atoms with van der Waals surface area (Å²) in [7, 11) is 0. The molecule has 2 aromatic rings. The Bertz CT molecular complexity index is 609. The summed E-state index contributed by atoms with van der Waals surface area (Å²) in [5.41, 5.74) is 1.65. The Hall–Kier alpha value is -1.44. The Labute approximate surface area is 146 Å². The van der Waals surface area contributed by atoms with Gasteiger partial charge < -0.3 is 10.6 Å². The Morgan fingerprint density at radius 2 is 2.30 bits per heavy atom. The van der Waals surface area contributed by atoms with Crippen LogP contribution in [-0.2, 0) is 6.42 Å². The molecule has 0 spiro atoms. The summed E-state index contributed by atoms with van der Waals surface area (Å²) in [5.74, 6) is -0.150. The molecule has 1 atom stereocenters. The van der Waals surface area contributed by atoms with E-state index < -0.39 is 0 Å². The number of thiophene rings is 1. The van der Waals surface area contributed by atoms with Gasteiger partial charge in [-0.2, -0.15) is 11.3 Å². The van der Waals surface area contributed by atoms with Gasteiger partial charge in [-0.05, 0) is 61.7 Å². The van der Waals surface area contributed by atoms with Crippen LogP contribution >= 0.6 is 23.7 Å². The normalized spacial score (nSPS) is 16.6. The van der Waals surface area contributed by atoms with Crippen molar-refractivity contribution in [2.45, 2.75) is 38.3 Å². The first-order chi connectivity index (χ1) is 10.7. The van der Waals surface area contributed by atoms with Crippen LogP contribution in [-0.4, -0.2) is 40.0 Å². The number of carbonyl (C=O) groups excluding carboxylic acids is 1. The third-order valence-electron chi connectivity index (χ3n) is 3.93. The lowest BCUT2D eigenvalue weighted by Crippen LogP contribution is -2.34. The molecule has 1 aliphatic heterocycles. The average Bonchev–Trinajstić information content (AvgIpc) is 3.19. The maximum absolute atomic E-state index is 12.2. The topological polar surface area (TPSA) is 71.8 Å². The van der Waals surface area contributed by atoms with Crippen LogP contribution in [0.3, 0.4) is 0 Å². The number of nitrogens with zero attached hydrogens (tertiary/aromatic N) is 3. The molecule has 23 heavy (non-hydrogen) atoms. The fourth-order valence-electron chi connectivity index (χ4n) is 2.74. The fraction of sp³-hybridized carbons (Fsp3) is 0.533. The zero-order valence-corrected chi connectivity index (χ0v) is 14.7. The molecule has 3 rings (SSSR count). The molecule has 3 heterocycles. The predicted molar refractivity (Wildman–Crippen MR) is 93.4 cm³/mol. The smallest absolute Gasteiger partial charge is 0.273 e. The maximum Gasteiger partial charge on any atom is 0.273 e. The first kappa shape index (κ1) is 17.9. The monoisotopic (exact) mass is 355 g/mol. The molecular weight excluding hydrogens is 334 g/mol. The molecule has 0 aromatic carbocycles. The van der Waals surface area contributed by atoms with Gasteiger partial charge >= 0.3 is 0 Å². The minimum absolute atomic E-state index is 0. The Kier molecular flexibility index (Phi) is 6.56. The van der Waals surface area contributed by atoms with E-state index in [2.05, 4.69) is 37.8 Å². The van der Waals surface area contributed by atoms with E-state index in [4.69, 9.17) is 0 Å². The summed E-state index contributed by atoms with van der Waals surface area (Å²) >= 11 is 1.67. The minimum Gasteiger partial charge on any atom is -0.348 e. The van der Waals surface area contributed by atoms with Gasteiger partial charge in [-0.1, -0.05) is 5.21 Å². The summed E-state index contributed by atoms with van der Waals surface area (Å²) in [4.78, 5) is 12.2. The van der Waals surface area contributed by atoms with Gasteiger partial charge in [-0.25, -0.2) is 4.68 Å². The van der Waals surface area contributed by atoms with E-state index in [9.17, 15) is 4.79 Å². The van der Waals surface area contributed by atoms with E-state index in [-0.39, 0.29) is 24.4 Å². The molecule has 6 nitrogen and oxygen atoms in total. The number of piperidine rings is 1. The van der Waals surface area contributed by atoms with Crippen LogP contribution in [0.25, 0.3) is 0 Å². The van der Waals surface area contributed by atoms with Crippen LogP contribution in [0.15, 0.2) is 23.0 Å². The lowest BCUT2D eigenvalue weighted by atomic mass is 10.1. The fourth-order valence-corrected chi connectivity index (χ4v) is 3.42. The zero-order valence-electron chi connectivity index (χ0n) is 13.1. The molecule has 0 radical (unpaired) electrons. The second-order valence-corrected chi connectivity index (χ2v) is 6.56. The highest BCUT2D eigenvalue weighted by Gasteiger charge is 2.19. The highest BCUT2D eigenvalue weighted by atomic mass is 35.5. The van der Waals surface area contributed by atoms with E-state index in [1.165, 1.54) is 5.56 Å². The van der Waals surface area contributed by atoms with Gasteiger partial charge in [0.05, 0.1) is 12.2 Å². The number of amides is 1. The van der Waals surface area contributed by atoms with Crippen molar-refractivity contribution in [3.05, 3.63) is 34.3 Å². The number of hydrogen-bond donors (Lipinski definition) is 2. The Morgan fingerprint density at radius 1 is 1.52 bits per heavy atom. The Morgan fingerprint density at radius 3 is 3.00 bits per heavy atom. The molecule has 0 saturated carbocycles. The minimum atomic E-state index is -0.150. The molecule has 0 bridgehead atoms. The van der Waals surface area contributed by atoms with Gasteiger partial charge in [0.15, 0.2) is 5.69 Å². The van der Waals surface area contributed by atoms with Crippen molar-refractivity contribution in [3.63, 3.8) is 0 Å². The molecule has 1 saturated heterocycles. The summed E-state index contributed by atoms with van der Waals surface area (Å²) in [6.45, 7) is 3.99. The summed E-state index contributed by atoms with van der Waals surface area (Å²) in [5, 5.41) is 18.6. The van der Waals surface area contributed by atoms with Crippen molar-refractivity contribution in [1.82, 2.24) is 25.6 Å². The molecule has 8 heteroatoms. The van der Waals surface area contributed by atoms with Crippen LogP contribution in [0, 0.1) is 0 Å². The number of halogens is 1. The number of aromatic nitrogens is 3. The van der Waals surface area contributed by atoms with E-state index in [0.717, 1.165) is 32.4 Å². The van der Waals surface area contributed by atoms with Gasteiger partial charge in [0.25, 0.3) is 5.91 Å². The number of rotatable bonds is 5. The molecule has 2 N–H and O–H groups in total. The van der Waals surface area contributed by atoms with E-state index in [1.54, 1.807) is 17.5 Å². The van der Waals surface area contributed by atoms with Crippen LogP contribution in [0.5, 0.6) is 0 Å². The summed E-state index contributed by atoms with van der Waals surface area (Å²) in [6, 6.07) is 2.51. The molecule has 1 amide bonds. The van der Waals surface area contributed by atoms with Gasteiger partial charge in [-0.15, -0.1) is 17.5 Å².